The number of aromatic nitrogens is 1. The molecule has 1 aromatic heterocycles. The first kappa shape index (κ1) is 12.4. The fourth-order valence-electron chi connectivity index (χ4n) is 1.56. The van der Waals surface area contributed by atoms with Crippen LogP contribution in [0.3, 0.4) is 0 Å². The van der Waals surface area contributed by atoms with E-state index in [1.54, 1.807) is 0 Å². The van der Waals surface area contributed by atoms with Crippen molar-refractivity contribution in [1.29, 1.82) is 0 Å². The zero-order valence-electron chi connectivity index (χ0n) is 9.06. The second kappa shape index (κ2) is 4.01. The van der Waals surface area contributed by atoms with Crippen LogP contribution in [0.5, 0.6) is 5.75 Å². The van der Waals surface area contributed by atoms with E-state index in [2.05, 4.69) is 4.74 Å². The molecule has 0 radical (unpaired) electrons. The molecule has 0 amide bonds. The van der Waals surface area contributed by atoms with Gasteiger partial charge in [0.1, 0.15) is 5.69 Å². The molecular formula is C11H7F4NO2. The van der Waals surface area contributed by atoms with Gasteiger partial charge in [0.25, 0.3) is 0 Å². The number of fused-ring (bicyclic) bond motifs is 1. The number of rotatable bonds is 1. The van der Waals surface area contributed by atoms with E-state index in [1.807, 2.05) is 4.98 Å². The Bertz CT molecular complexity index is 660. The smallest absolute Gasteiger partial charge is 0.431 e. The molecular weight excluding hydrogens is 254 g/mol. The van der Waals surface area contributed by atoms with Crippen LogP contribution >= 0.6 is 0 Å². The van der Waals surface area contributed by atoms with E-state index in [4.69, 9.17) is 0 Å². The van der Waals surface area contributed by atoms with Crippen LogP contribution in [0, 0.1) is 5.82 Å². The number of halogens is 4. The lowest BCUT2D eigenvalue weighted by Crippen LogP contribution is -2.14. The molecule has 0 aliphatic carbocycles. The normalized spacial score (nSPS) is 11.8. The highest BCUT2D eigenvalue weighted by atomic mass is 19.4. The number of ether oxygens (including phenoxy) is 1. The Morgan fingerprint density at radius 2 is 1.89 bits per heavy atom. The van der Waals surface area contributed by atoms with Gasteiger partial charge in [-0.25, -0.2) is 4.39 Å². The van der Waals surface area contributed by atoms with Crippen molar-refractivity contribution in [1.82, 2.24) is 4.98 Å². The highest BCUT2D eigenvalue weighted by Crippen LogP contribution is 2.29. The maximum atomic E-state index is 13.4. The fourth-order valence-corrected chi connectivity index (χ4v) is 1.56. The van der Waals surface area contributed by atoms with Gasteiger partial charge >= 0.3 is 6.18 Å². The lowest BCUT2D eigenvalue weighted by atomic mass is 10.1. The third-order valence-corrected chi connectivity index (χ3v) is 2.41. The van der Waals surface area contributed by atoms with Crippen molar-refractivity contribution in [3.8, 4) is 5.75 Å². The molecule has 2 aromatic rings. The van der Waals surface area contributed by atoms with E-state index in [0.717, 1.165) is 12.1 Å². The van der Waals surface area contributed by atoms with Crippen molar-refractivity contribution < 1.29 is 22.3 Å². The van der Waals surface area contributed by atoms with E-state index >= 15 is 0 Å². The molecule has 0 fully saturated rings. The van der Waals surface area contributed by atoms with Crippen LogP contribution in [-0.4, -0.2) is 12.1 Å². The van der Waals surface area contributed by atoms with Crippen LogP contribution in [0.25, 0.3) is 10.9 Å². The summed E-state index contributed by atoms with van der Waals surface area (Å²) in [6.07, 6.45) is -4.69. The number of aromatic amines is 1. The monoisotopic (exact) mass is 261 g/mol. The minimum Gasteiger partial charge on any atom is -0.494 e. The largest absolute Gasteiger partial charge is 0.494 e. The van der Waals surface area contributed by atoms with Crippen LogP contribution in [0.15, 0.2) is 23.0 Å². The van der Waals surface area contributed by atoms with Gasteiger partial charge in [0.15, 0.2) is 17.0 Å². The van der Waals surface area contributed by atoms with Crippen LogP contribution in [0.2, 0.25) is 0 Å². The van der Waals surface area contributed by atoms with Crippen molar-refractivity contribution in [2.45, 2.75) is 6.18 Å². The molecule has 1 aromatic carbocycles. The van der Waals surface area contributed by atoms with Gasteiger partial charge in [-0.15, -0.1) is 0 Å². The summed E-state index contributed by atoms with van der Waals surface area (Å²) in [6, 6.07) is 2.29. The Morgan fingerprint density at radius 1 is 1.22 bits per heavy atom. The van der Waals surface area contributed by atoms with Crippen molar-refractivity contribution in [3.63, 3.8) is 0 Å². The van der Waals surface area contributed by atoms with Gasteiger partial charge in [-0.05, 0) is 6.07 Å². The lowest BCUT2D eigenvalue weighted by Gasteiger charge is -2.09. The standard InChI is InChI=1S/C11H7F4NO2/c1-18-9-2-5-7(3-6(9)12)16-10(4-8(5)17)11(13,14)15/h2-4H,1H3,(H,16,17). The van der Waals surface area contributed by atoms with Gasteiger partial charge in [-0.3, -0.25) is 4.79 Å². The highest BCUT2D eigenvalue weighted by Gasteiger charge is 2.32. The van der Waals surface area contributed by atoms with E-state index in [0.29, 0.717) is 6.07 Å². The van der Waals surface area contributed by atoms with Crippen molar-refractivity contribution >= 4 is 10.9 Å². The molecule has 0 saturated heterocycles. The molecule has 0 unspecified atom stereocenters. The van der Waals surface area contributed by atoms with Gasteiger partial charge in [-0.2, -0.15) is 13.2 Å². The molecule has 18 heavy (non-hydrogen) atoms. The topological polar surface area (TPSA) is 42.1 Å². The number of pyridine rings is 1. The Labute approximate surface area is 98.0 Å². The molecule has 2 rings (SSSR count). The number of hydrogen-bond donors (Lipinski definition) is 1. The Hall–Kier alpha value is -2.05. The lowest BCUT2D eigenvalue weighted by molar-refractivity contribution is -0.141. The summed E-state index contributed by atoms with van der Waals surface area (Å²) < 4.78 is 55.4. The van der Waals surface area contributed by atoms with Crippen molar-refractivity contribution in [2.24, 2.45) is 0 Å². The molecule has 0 atom stereocenters. The maximum Gasteiger partial charge on any atom is 0.431 e. The first-order valence-corrected chi connectivity index (χ1v) is 4.80. The van der Waals surface area contributed by atoms with Crippen LogP contribution in [-0.2, 0) is 6.18 Å². The predicted molar refractivity (Wildman–Crippen MR) is 56.1 cm³/mol. The van der Waals surface area contributed by atoms with Gasteiger partial charge in [0.2, 0.25) is 0 Å². The van der Waals surface area contributed by atoms with Gasteiger partial charge in [0.05, 0.1) is 12.6 Å². The minimum atomic E-state index is -4.69. The van der Waals surface area contributed by atoms with Gasteiger partial charge < -0.3 is 9.72 Å². The molecule has 0 saturated carbocycles. The van der Waals surface area contributed by atoms with Gasteiger partial charge in [-0.1, -0.05) is 0 Å². The zero-order chi connectivity index (χ0) is 13.5. The number of hydrogen-bond acceptors (Lipinski definition) is 2. The van der Waals surface area contributed by atoms with Crippen molar-refractivity contribution in [3.05, 3.63) is 39.9 Å². The molecule has 7 heteroatoms. The Balaban J connectivity index is 2.79. The number of H-pyrrole nitrogens is 1. The average molecular weight is 261 g/mol. The summed E-state index contributed by atoms with van der Waals surface area (Å²) in [5, 5.41) is -0.0683. The molecule has 0 aliphatic rings. The number of alkyl halides is 3. The fraction of sp³-hybridized carbons (Fsp3) is 0.182. The van der Waals surface area contributed by atoms with Crippen LogP contribution < -0.4 is 10.2 Å². The number of methoxy groups -OCH3 is 1. The summed E-state index contributed by atoms with van der Waals surface area (Å²) in [7, 11) is 1.20. The highest BCUT2D eigenvalue weighted by molar-refractivity contribution is 5.80. The van der Waals surface area contributed by atoms with Crippen molar-refractivity contribution in [2.75, 3.05) is 7.11 Å². The summed E-state index contributed by atoms with van der Waals surface area (Å²) >= 11 is 0. The van der Waals surface area contributed by atoms with E-state index in [-0.39, 0.29) is 16.7 Å². The second-order valence-corrected chi connectivity index (χ2v) is 3.58. The molecule has 0 aliphatic heterocycles. The van der Waals surface area contributed by atoms with Crippen LogP contribution in [0.4, 0.5) is 17.6 Å². The minimum absolute atomic E-state index is 0.0683. The molecule has 1 heterocycles. The molecule has 1 N–H and O–H groups in total. The Morgan fingerprint density at radius 3 is 2.44 bits per heavy atom. The quantitative estimate of drug-likeness (QED) is 0.802. The van der Waals surface area contributed by atoms with E-state index in [1.165, 1.54) is 7.11 Å². The molecule has 3 nitrogen and oxygen atoms in total. The van der Waals surface area contributed by atoms with Gasteiger partial charge in [0, 0.05) is 17.5 Å². The molecule has 96 valence electrons. The number of nitrogens with one attached hydrogen (secondary N) is 1. The molecule has 0 spiro atoms. The zero-order valence-corrected chi connectivity index (χ0v) is 9.06. The second-order valence-electron chi connectivity index (χ2n) is 3.58. The third kappa shape index (κ3) is 2.03. The maximum absolute atomic E-state index is 13.4. The third-order valence-electron chi connectivity index (χ3n) is 2.41. The Kier molecular flexibility index (Phi) is 2.76. The average Bonchev–Trinajstić information content (AvgIpc) is 2.26. The molecule has 0 bridgehead atoms. The SMILES string of the molecule is COc1cc2c(=O)cc(C(F)(F)F)[nH]c2cc1F. The van der Waals surface area contributed by atoms with E-state index < -0.39 is 23.1 Å². The summed E-state index contributed by atoms with van der Waals surface area (Å²) in [5.41, 5.74) is -2.30. The number of benzene rings is 1. The summed E-state index contributed by atoms with van der Waals surface area (Å²) in [4.78, 5) is 13.5. The summed E-state index contributed by atoms with van der Waals surface area (Å²) in [6.45, 7) is 0. The predicted octanol–water partition coefficient (Wildman–Crippen LogP) is 2.69. The van der Waals surface area contributed by atoms with E-state index in [9.17, 15) is 22.4 Å². The summed E-state index contributed by atoms with van der Waals surface area (Å²) in [5.74, 6) is -1.05. The first-order valence-electron chi connectivity index (χ1n) is 4.80. The first-order chi connectivity index (χ1) is 8.32. The van der Waals surface area contributed by atoms with Crippen LogP contribution in [0.1, 0.15) is 5.69 Å².